The van der Waals surface area contributed by atoms with Crippen LogP contribution in [0.25, 0.3) is 0 Å². The molecular formula is C14H21NO. The molecule has 0 fully saturated rings. The van der Waals surface area contributed by atoms with Gasteiger partial charge in [0.2, 0.25) is 0 Å². The van der Waals surface area contributed by atoms with Gasteiger partial charge >= 0.3 is 0 Å². The van der Waals surface area contributed by atoms with Gasteiger partial charge in [-0.1, -0.05) is 18.2 Å². The smallest absolute Gasteiger partial charge is 0.0511 e. The van der Waals surface area contributed by atoms with Crippen molar-refractivity contribution in [2.24, 2.45) is 0 Å². The van der Waals surface area contributed by atoms with Crippen molar-refractivity contribution in [2.75, 3.05) is 20.2 Å². The minimum atomic E-state index is 0.222. The Kier molecular flexibility index (Phi) is 3.97. The van der Waals surface area contributed by atoms with Crippen molar-refractivity contribution in [2.45, 2.75) is 31.6 Å². The quantitative estimate of drug-likeness (QED) is 0.810. The van der Waals surface area contributed by atoms with Crippen molar-refractivity contribution in [3.05, 3.63) is 34.9 Å². The number of hydrogen-bond acceptors (Lipinski definition) is 2. The predicted molar refractivity (Wildman–Crippen MR) is 66.8 cm³/mol. The standard InChI is InChI=1S/C14H21NO/c1-15-9-14(10-16)13-7-6-11-4-2-3-5-12(11)8-13/h6-8,14-16H,2-5,9-10H2,1H3. The molecule has 0 saturated carbocycles. The number of hydrogen-bond donors (Lipinski definition) is 2. The molecule has 0 amide bonds. The fourth-order valence-electron chi connectivity index (χ4n) is 2.54. The molecule has 0 aromatic heterocycles. The molecule has 16 heavy (non-hydrogen) atoms. The van der Waals surface area contributed by atoms with Gasteiger partial charge in [0.05, 0.1) is 6.61 Å². The van der Waals surface area contributed by atoms with Crippen molar-refractivity contribution < 1.29 is 5.11 Å². The Labute approximate surface area is 97.7 Å². The van der Waals surface area contributed by atoms with E-state index in [1.54, 1.807) is 0 Å². The molecule has 2 nitrogen and oxygen atoms in total. The molecule has 1 aromatic carbocycles. The van der Waals surface area contributed by atoms with Crippen molar-refractivity contribution in [3.63, 3.8) is 0 Å². The molecule has 1 unspecified atom stereocenters. The largest absolute Gasteiger partial charge is 0.396 e. The SMILES string of the molecule is CNCC(CO)c1ccc2c(c1)CCCC2. The fraction of sp³-hybridized carbons (Fsp3) is 0.571. The van der Waals surface area contributed by atoms with Crippen LogP contribution in [0.4, 0.5) is 0 Å². The van der Waals surface area contributed by atoms with Gasteiger partial charge in [-0.25, -0.2) is 0 Å². The summed E-state index contributed by atoms with van der Waals surface area (Å²) in [6, 6.07) is 6.73. The zero-order valence-electron chi connectivity index (χ0n) is 10.00. The molecule has 88 valence electrons. The maximum atomic E-state index is 9.37. The minimum Gasteiger partial charge on any atom is -0.396 e. The molecule has 0 radical (unpaired) electrons. The van der Waals surface area contributed by atoms with Crippen LogP contribution in [-0.2, 0) is 12.8 Å². The van der Waals surface area contributed by atoms with Gasteiger partial charge in [-0.3, -0.25) is 0 Å². The van der Waals surface area contributed by atoms with E-state index in [-0.39, 0.29) is 12.5 Å². The molecule has 0 saturated heterocycles. The van der Waals surface area contributed by atoms with Crippen LogP contribution in [0.15, 0.2) is 18.2 Å². The molecular weight excluding hydrogens is 198 g/mol. The third kappa shape index (κ3) is 2.45. The molecule has 1 aliphatic carbocycles. The number of aryl methyl sites for hydroxylation is 2. The number of likely N-dealkylation sites (N-methyl/N-ethyl adjacent to an activating group) is 1. The molecule has 0 heterocycles. The summed E-state index contributed by atoms with van der Waals surface area (Å²) in [5.74, 6) is 0.234. The summed E-state index contributed by atoms with van der Waals surface area (Å²) < 4.78 is 0. The maximum absolute atomic E-state index is 9.37. The molecule has 2 rings (SSSR count). The van der Waals surface area contributed by atoms with Gasteiger partial charge in [-0.15, -0.1) is 0 Å². The second kappa shape index (κ2) is 5.46. The van der Waals surface area contributed by atoms with Crippen LogP contribution in [0.3, 0.4) is 0 Å². The third-order valence-corrected chi connectivity index (χ3v) is 3.51. The Morgan fingerprint density at radius 1 is 1.25 bits per heavy atom. The zero-order chi connectivity index (χ0) is 11.4. The Bertz CT molecular complexity index is 349. The van der Waals surface area contributed by atoms with Crippen LogP contribution in [-0.4, -0.2) is 25.3 Å². The zero-order valence-corrected chi connectivity index (χ0v) is 10.00. The van der Waals surface area contributed by atoms with Crippen LogP contribution in [0.1, 0.15) is 35.4 Å². The van der Waals surface area contributed by atoms with Gasteiger partial charge in [0.25, 0.3) is 0 Å². The van der Waals surface area contributed by atoms with Crippen molar-refractivity contribution in [3.8, 4) is 0 Å². The van der Waals surface area contributed by atoms with Gasteiger partial charge in [-0.05, 0) is 49.4 Å². The number of rotatable bonds is 4. The van der Waals surface area contributed by atoms with Crippen molar-refractivity contribution in [1.82, 2.24) is 5.32 Å². The van der Waals surface area contributed by atoms with Crippen LogP contribution >= 0.6 is 0 Å². The van der Waals surface area contributed by atoms with Crippen LogP contribution in [0.5, 0.6) is 0 Å². The lowest BCUT2D eigenvalue weighted by atomic mass is 9.87. The van der Waals surface area contributed by atoms with E-state index in [9.17, 15) is 5.11 Å². The van der Waals surface area contributed by atoms with Gasteiger partial charge in [0, 0.05) is 12.5 Å². The maximum Gasteiger partial charge on any atom is 0.0511 e. The molecule has 2 heteroatoms. The van der Waals surface area contributed by atoms with Gasteiger partial charge in [0.15, 0.2) is 0 Å². The first-order chi connectivity index (χ1) is 7.85. The summed E-state index contributed by atoms with van der Waals surface area (Å²) >= 11 is 0. The van der Waals surface area contributed by atoms with Crippen LogP contribution < -0.4 is 5.32 Å². The summed E-state index contributed by atoms with van der Waals surface area (Å²) in [5, 5.41) is 12.5. The summed E-state index contributed by atoms with van der Waals surface area (Å²) in [5.41, 5.74) is 4.28. The highest BCUT2D eigenvalue weighted by molar-refractivity contribution is 5.35. The molecule has 1 atom stereocenters. The lowest BCUT2D eigenvalue weighted by molar-refractivity contribution is 0.263. The highest BCUT2D eigenvalue weighted by atomic mass is 16.3. The average Bonchev–Trinajstić information content (AvgIpc) is 2.35. The number of fused-ring (bicyclic) bond motifs is 1. The Balaban J connectivity index is 2.21. The Morgan fingerprint density at radius 2 is 2.00 bits per heavy atom. The number of benzene rings is 1. The monoisotopic (exact) mass is 219 g/mol. The summed E-state index contributed by atoms with van der Waals surface area (Å²) in [4.78, 5) is 0. The molecule has 1 aromatic rings. The fourth-order valence-corrected chi connectivity index (χ4v) is 2.54. The summed E-state index contributed by atoms with van der Waals surface area (Å²) in [6.45, 7) is 1.06. The predicted octanol–water partition coefficient (Wildman–Crippen LogP) is 1.86. The molecule has 0 bridgehead atoms. The van der Waals surface area contributed by atoms with E-state index in [4.69, 9.17) is 0 Å². The average molecular weight is 219 g/mol. The molecule has 2 N–H and O–H groups in total. The van der Waals surface area contributed by atoms with E-state index in [1.807, 2.05) is 7.05 Å². The van der Waals surface area contributed by atoms with E-state index >= 15 is 0 Å². The summed E-state index contributed by atoms with van der Waals surface area (Å²) in [7, 11) is 1.93. The second-order valence-electron chi connectivity index (χ2n) is 4.67. The van der Waals surface area contributed by atoms with E-state index in [0.29, 0.717) is 0 Å². The lowest BCUT2D eigenvalue weighted by Gasteiger charge is -2.20. The third-order valence-electron chi connectivity index (χ3n) is 3.51. The minimum absolute atomic E-state index is 0.222. The molecule has 1 aliphatic rings. The molecule has 0 aliphatic heterocycles. The van der Waals surface area contributed by atoms with Gasteiger partial charge in [0.1, 0.15) is 0 Å². The van der Waals surface area contributed by atoms with Gasteiger partial charge < -0.3 is 10.4 Å². The van der Waals surface area contributed by atoms with E-state index < -0.39 is 0 Å². The first-order valence-electron chi connectivity index (χ1n) is 6.22. The van der Waals surface area contributed by atoms with Crippen LogP contribution in [0.2, 0.25) is 0 Å². The van der Waals surface area contributed by atoms with Crippen LogP contribution in [0, 0.1) is 0 Å². The highest BCUT2D eigenvalue weighted by Crippen LogP contribution is 2.25. The number of aliphatic hydroxyl groups is 1. The topological polar surface area (TPSA) is 32.3 Å². The highest BCUT2D eigenvalue weighted by Gasteiger charge is 2.14. The summed E-state index contributed by atoms with van der Waals surface area (Å²) in [6.07, 6.45) is 5.07. The number of aliphatic hydroxyl groups excluding tert-OH is 1. The number of nitrogens with one attached hydrogen (secondary N) is 1. The normalized spacial score (nSPS) is 16.9. The molecule has 0 spiro atoms. The second-order valence-corrected chi connectivity index (χ2v) is 4.67. The van der Waals surface area contributed by atoms with E-state index in [2.05, 4.69) is 23.5 Å². The first-order valence-corrected chi connectivity index (χ1v) is 6.22. The van der Waals surface area contributed by atoms with Crippen molar-refractivity contribution >= 4 is 0 Å². The lowest BCUT2D eigenvalue weighted by Crippen LogP contribution is -2.20. The van der Waals surface area contributed by atoms with Gasteiger partial charge in [-0.2, -0.15) is 0 Å². The van der Waals surface area contributed by atoms with E-state index in [1.165, 1.54) is 42.4 Å². The Hall–Kier alpha value is -0.860. The van der Waals surface area contributed by atoms with E-state index in [0.717, 1.165) is 6.54 Å². The first kappa shape index (κ1) is 11.6. The Morgan fingerprint density at radius 3 is 2.69 bits per heavy atom. The van der Waals surface area contributed by atoms with Crippen molar-refractivity contribution in [1.29, 1.82) is 0 Å².